The molecule has 0 atom stereocenters. The van der Waals surface area contributed by atoms with Crippen molar-refractivity contribution in [1.82, 2.24) is 4.98 Å². The fourth-order valence-electron chi connectivity index (χ4n) is 4.25. The molecule has 0 saturated carbocycles. The Hall–Kier alpha value is -2.65. The van der Waals surface area contributed by atoms with Crippen LogP contribution < -0.4 is 0 Å². The molecule has 2 heterocycles. The number of aryl methyl sites for hydroxylation is 2. The average Bonchev–Trinajstić information content (AvgIpc) is 3.07. The monoisotopic (exact) mass is 371 g/mol. The third-order valence-corrected chi connectivity index (χ3v) is 6.74. The maximum absolute atomic E-state index is 9.67. The van der Waals surface area contributed by atoms with Gasteiger partial charge in [-0.25, -0.2) is 4.98 Å². The fourth-order valence-corrected chi connectivity index (χ4v) is 5.52. The second-order valence-electron chi connectivity index (χ2n) is 7.26. The van der Waals surface area contributed by atoms with E-state index in [1.165, 1.54) is 51.8 Å². The van der Waals surface area contributed by atoms with Crippen LogP contribution in [-0.4, -0.2) is 10.1 Å². The van der Waals surface area contributed by atoms with E-state index in [2.05, 4.69) is 37.3 Å². The third-order valence-electron chi connectivity index (χ3n) is 5.55. The molecule has 2 aromatic heterocycles. The Labute approximate surface area is 163 Å². The van der Waals surface area contributed by atoms with Gasteiger partial charge >= 0.3 is 0 Å². The molecule has 2 nitrogen and oxygen atoms in total. The van der Waals surface area contributed by atoms with Crippen LogP contribution in [0.1, 0.15) is 28.8 Å². The highest BCUT2D eigenvalue weighted by Gasteiger charge is 2.23. The van der Waals surface area contributed by atoms with Crippen molar-refractivity contribution in [3.63, 3.8) is 0 Å². The van der Waals surface area contributed by atoms with E-state index in [4.69, 9.17) is 4.98 Å². The van der Waals surface area contributed by atoms with E-state index in [-0.39, 0.29) is 5.75 Å². The largest absolute Gasteiger partial charge is 0.508 e. The van der Waals surface area contributed by atoms with Gasteiger partial charge in [-0.3, -0.25) is 0 Å². The topological polar surface area (TPSA) is 33.1 Å². The number of phenolic OH excluding ortho intramolecular Hbond substituents is 1. The molecule has 3 heteroatoms. The summed E-state index contributed by atoms with van der Waals surface area (Å²) >= 11 is 1.87. The van der Waals surface area contributed by atoms with E-state index in [0.717, 1.165) is 22.5 Å². The van der Waals surface area contributed by atoms with Gasteiger partial charge in [-0.2, -0.15) is 0 Å². The summed E-state index contributed by atoms with van der Waals surface area (Å²) in [5.74, 6) is 0.285. The summed E-state index contributed by atoms with van der Waals surface area (Å²) in [7, 11) is 0. The summed E-state index contributed by atoms with van der Waals surface area (Å²) < 4.78 is 0. The van der Waals surface area contributed by atoms with Gasteiger partial charge < -0.3 is 5.11 Å². The molecule has 4 aromatic rings. The fraction of sp³-hybridized carbons (Fsp3) is 0.208. The van der Waals surface area contributed by atoms with Crippen LogP contribution >= 0.6 is 11.3 Å². The van der Waals surface area contributed by atoms with Crippen molar-refractivity contribution in [3.05, 3.63) is 70.6 Å². The Balaban J connectivity index is 1.86. The first-order valence-electron chi connectivity index (χ1n) is 9.52. The molecule has 1 aliphatic carbocycles. The van der Waals surface area contributed by atoms with Gasteiger partial charge in [0.15, 0.2) is 0 Å². The van der Waals surface area contributed by atoms with Crippen LogP contribution in [0.2, 0.25) is 0 Å². The molecule has 0 bridgehead atoms. The molecule has 0 aliphatic heterocycles. The van der Waals surface area contributed by atoms with Crippen LogP contribution in [0.3, 0.4) is 0 Å². The normalized spacial score (nSPS) is 13.7. The number of hydrogen-bond donors (Lipinski definition) is 1. The lowest BCUT2D eigenvalue weighted by Gasteiger charge is -2.16. The number of thiophene rings is 1. The van der Waals surface area contributed by atoms with E-state index in [1.54, 1.807) is 12.1 Å². The highest BCUT2D eigenvalue weighted by molar-refractivity contribution is 7.19. The Morgan fingerprint density at radius 1 is 0.889 bits per heavy atom. The third kappa shape index (κ3) is 2.74. The molecule has 1 aliphatic rings. The lowest BCUT2D eigenvalue weighted by molar-refractivity contribution is 0.475. The van der Waals surface area contributed by atoms with E-state index >= 15 is 0 Å². The van der Waals surface area contributed by atoms with Crippen LogP contribution in [0.4, 0.5) is 0 Å². The molecule has 0 radical (unpaired) electrons. The molecule has 2 aromatic carbocycles. The smallest absolute Gasteiger partial charge is 0.125 e. The predicted molar refractivity (Wildman–Crippen MR) is 114 cm³/mol. The van der Waals surface area contributed by atoms with Gasteiger partial charge in [0.2, 0.25) is 0 Å². The Morgan fingerprint density at radius 3 is 2.41 bits per heavy atom. The summed E-state index contributed by atoms with van der Waals surface area (Å²) in [4.78, 5) is 7.77. The average molecular weight is 372 g/mol. The van der Waals surface area contributed by atoms with Crippen molar-refractivity contribution in [3.8, 4) is 28.1 Å². The van der Waals surface area contributed by atoms with Crippen LogP contribution in [0, 0.1) is 6.92 Å². The minimum atomic E-state index is 0.285. The number of aromatic hydroxyl groups is 1. The summed E-state index contributed by atoms with van der Waals surface area (Å²) in [5, 5.41) is 11.0. The second-order valence-corrected chi connectivity index (χ2v) is 8.35. The van der Waals surface area contributed by atoms with E-state index in [9.17, 15) is 5.11 Å². The highest BCUT2D eigenvalue weighted by Crippen LogP contribution is 2.44. The Morgan fingerprint density at radius 2 is 1.63 bits per heavy atom. The van der Waals surface area contributed by atoms with Gasteiger partial charge in [-0.1, -0.05) is 30.3 Å². The molecule has 0 fully saturated rings. The number of nitrogens with zero attached hydrogens (tertiary/aromatic N) is 1. The van der Waals surface area contributed by atoms with Crippen molar-refractivity contribution in [2.45, 2.75) is 32.6 Å². The number of aromatic nitrogens is 1. The molecule has 0 unspecified atom stereocenters. The maximum atomic E-state index is 9.67. The van der Waals surface area contributed by atoms with E-state index < -0.39 is 0 Å². The summed E-state index contributed by atoms with van der Waals surface area (Å²) in [5.41, 5.74) is 7.38. The number of rotatable bonds is 2. The number of benzene rings is 2. The zero-order chi connectivity index (χ0) is 18.4. The first kappa shape index (κ1) is 16.5. The second kappa shape index (κ2) is 6.50. The zero-order valence-electron chi connectivity index (χ0n) is 15.3. The minimum absolute atomic E-state index is 0.285. The standard InChI is InChI=1S/C24H21NOS/c1-15-21(16-7-3-2-4-8-16)22-19-9-5-6-10-20(19)27-24(22)25-23(15)17-11-13-18(26)14-12-17/h2-4,7-8,11-14,26H,5-6,9-10H2,1H3. The van der Waals surface area contributed by atoms with Gasteiger partial charge in [-0.05, 0) is 79.1 Å². The van der Waals surface area contributed by atoms with E-state index in [1.807, 2.05) is 23.5 Å². The van der Waals surface area contributed by atoms with Crippen LogP contribution in [0.25, 0.3) is 32.6 Å². The Bertz CT molecular complexity index is 1130. The van der Waals surface area contributed by atoms with Crippen LogP contribution in [-0.2, 0) is 12.8 Å². The SMILES string of the molecule is Cc1c(-c2ccc(O)cc2)nc2sc3c(c2c1-c1ccccc1)CCCC3. The first-order valence-corrected chi connectivity index (χ1v) is 10.3. The van der Waals surface area contributed by atoms with Gasteiger partial charge in [-0.15, -0.1) is 11.3 Å². The van der Waals surface area contributed by atoms with Crippen molar-refractivity contribution in [1.29, 1.82) is 0 Å². The molecule has 0 amide bonds. The molecular weight excluding hydrogens is 350 g/mol. The minimum Gasteiger partial charge on any atom is -0.508 e. The molecule has 1 N–H and O–H groups in total. The lowest BCUT2D eigenvalue weighted by atomic mass is 9.89. The molecule has 27 heavy (non-hydrogen) atoms. The zero-order valence-corrected chi connectivity index (χ0v) is 16.1. The van der Waals surface area contributed by atoms with Crippen LogP contribution in [0.5, 0.6) is 5.75 Å². The van der Waals surface area contributed by atoms with Crippen molar-refractivity contribution in [2.75, 3.05) is 0 Å². The number of hydrogen-bond acceptors (Lipinski definition) is 3. The molecular formula is C24H21NOS. The van der Waals surface area contributed by atoms with Crippen molar-refractivity contribution >= 4 is 21.6 Å². The highest BCUT2D eigenvalue weighted by atomic mass is 32.1. The Kier molecular flexibility index (Phi) is 3.98. The van der Waals surface area contributed by atoms with Crippen molar-refractivity contribution < 1.29 is 5.11 Å². The van der Waals surface area contributed by atoms with Crippen molar-refractivity contribution in [2.24, 2.45) is 0 Å². The summed E-state index contributed by atoms with van der Waals surface area (Å²) in [6.45, 7) is 2.18. The molecule has 0 spiro atoms. The lowest BCUT2D eigenvalue weighted by Crippen LogP contribution is -2.00. The molecule has 134 valence electrons. The predicted octanol–water partition coefficient (Wildman–Crippen LogP) is 6.52. The number of fused-ring (bicyclic) bond motifs is 3. The summed E-state index contributed by atoms with van der Waals surface area (Å²) in [6, 6.07) is 18.1. The van der Waals surface area contributed by atoms with Gasteiger partial charge in [0.25, 0.3) is 0 Å². The molecule has 0 saturated heterocycles. The van der Waals surface area contributed by atoms with Gasteiger partial charge in [0.05, 0.1) is 5.69 Å². The number of phenols is 1. The first-order chi connectivity index (χ1) is 13.2. The van der Waals surface area contributed by atoms with Crippen LogP contribution in [0.15, 0.2) is 54.6 Å². The quantitative estimate of drug-likeness (QED) is 0.435. The van der Waals surface area contributed by atoms with Gasteiger partial charge in [0, 0.05) is 15.8 Å². The van der Waals surface area contributed by atoms with Gasteiger partial charge in [0.1, 0.15) is 10.6 Å². The molecule has 5 rings (SSSR count). The van der Waals surface area contributed by atoms with E-state index in [0.29, 0.717) is 0 Å². The number of pyridine rings is 1. The summed E-state index contributed by atoms with van der Waals surface area (Å²) in [6.07, 6.45) is 4.89. The maximum Gasteiger partial charge on any atom is 0.125 e.